The summed E-state index contributed by atoms with van der Waals surface area (Å²) in [4.78, 5) is 12.4. The number of rotatable bonds is 5. The maximum atomic E-state index is 12.4. The van der Waals surface area contributed by atoms with Gasteiger partial charge in [0.2, 0.25) is 5.88 Å². The Balaban J connectivity index is 1.75. The number of H-pyrrole nitrogens is 1. The number of hydrogen-bond donors (Lipinski definition) is 2. The second-order valence-corrected chi connectivity index (χ2v) is 6.83. The number of aryl methyl sites for hydroxylation is 1. The topological polar surface area (TPSA) is 83.8 Å². The summed E-state index contributed by atoms with van der Waals surface area (Å²) in [6.45, 7) is 6.15. The average Bonchev–Trinajstić information content (AvgIpc) is 3.21. The standard InChI is InChI=1S/C18H19BrN4O2/c1-4-11-5-7-12(8-6-11)13-9-14(25-23-13)20-18(24)17-15(19)16(10(2)3)21-22-17/h5-10H,4H2,1-3H3,(H,20,24)(H,21,22). The van der Waals surface area contributed by atoms with Crippen molar-refractivity contribution in [1.82, 2.24) is 15.4 Å². The number of nitrogens with zero attached hydrogens (tertiary/aromatic N) is 2. The van der Waals surface area contributed by atoms with Crippen LogP contribution in [0.5, 0.6) is 0 Å². The number of carbonyl (C=O) groups excluding carboxylic acids is 1. The van der Waals surface area contributed by atoms with Crippen molar-refractivity contribution in [2.24, 2.45) is 0 Å². The molecule has 3 rings (SSSR count). The van der Waals surface area contributed by atoms with E-state index in [-0.39, 0.29) is 23.4 Å². The van der Waals surface area contributed by atoms with Gasteiger partial charge in [-0.3, -0.25) is 15.2 Å². The molecular weight excluding hydrogens is 384 g/mol. The summed E-state index contributed by atoms with van der Waals surface area (Å²) >= 11 is 3.42. The lowest BCUT2D eigenvalue weighted by molar-refractivity contribution is 0.101. The number of hydrogen-bond acceptors (Lipinski definition) is 4. The van der Waals surface area contributed by atoms with Crippen LogP contribution < -0.4 is 5.32 Å². The summed E-state index contributed by atoms with van der Waals surface area (Å²) in [5, 5.41) is 13.6. The zero-order valence-corrected chi connectivity index (χ0v) is 15.8. The van der Waals surface area contributed by atoms with Crippen LogP contribution in [0.3, 0.4) is 0 Å². The van der Waals surface area contributed by atoms with E-state index in [2.05, 4.69) is 55.7 Å². The first kappa shape index (κ1) is 17.4. The second-order valence-electron chi connectivity index (χ2n) is 6.04. The second kappa shape index (κ2) is 7.23. The summed E-state index contributed by atoms with van der Waals surface area (Å²) in [5.41, 5.74) is 4.02. The van der Waals surface area contributed by atoms with Crippen molar-refractivity contribution in [3.63, 3.8) is 0 Å². The van der Waals surface area contributed by atoms with E-state index in [1.54, 1.807) is 6.07 Å². The van der Waals surface area contributed by atoms with Crippen LogP contribution in [0.15, 0.2) is 39.3 Å². The Hall–Kier alpha value is -2.41. The predicted molar refractivity (Wildman–Crippen MR) is 99.6 cm³/mol. The first-order valence-electron chi connectivity index (χ1n) is 8.10. The van der Waals surface area contributed by atoms with Crippen LogP contribution in [-0.4, -0.2) is 21.3 Å². The van der Waals surface area contributed by atoms with E-state index in [1.165, 1.54) is 5.56 Å². The number of aromatic nitrogens is 3. The van der Waals surface area contributed by atoms with E-state index in [4.69, 9.17) is 4.52 Å². The van der Waals surface area contributed by atoms with Crippen LogP contribution in [-0.2, 0) is 6.42 Å². The van der Waals surface area contributed by atoms with Gasteiger partial charge in [-0.15, -0.1) is 0 Å². The van der Waals surface area contributed by atoms with Crippen molar-refractivity contribution in [2.45, 2.75) is 33.1 Å². The molecule has 0 spiro atoms. The van der Waals surface area contributed by atoms with E-state index in [0.717, 1.165) is 17.7 Å². The Morgan fingerprint density at radius 1 is 1.32 bits per heavy atom. The number of nitrogens with one attached hydrogen (secondary N) is 2. The number of benzene rings is 1. The number of anilines is 1. The molecule has 0 unspecified atom stereocenters. The Kier molecular flexibility index (Phi) is 5.03. The third-order valence-corrected chi connectivity index (χ3v) is 4.73. The molecule has 0 saturated heterocycles. The average molecular weight is 403 g/mol. The summed E-state index contributed by atoms with van der Waals surface area (Å²) in [6.07, 6.45) is 0.983. The van der Waals surface area contributed by atoms with Crippen molar-refractivity contribution >= 4 is 27.7 Å². The van der Waals surface area contributed by atoms with Crippen LogP contribution >= 0.6 is 15.9 Å². The molecule has 1 amide bonds. The molecule has 2 aromatic heterocycles. The van der Waals surface area contributed by atoms with Gasteiger partial charge in [0.25, 0.3) is 5.91 Å². The largest absolute Gasteiger partial charge is 0.338 e. The van der Waals surface area contributed by atoms with E-state index < -0.39 is 0 Å². The molecule has 1 aromatic carbocycles. The molecule has 0 bridgehead atoms. The molecule has 0 radical (unpaired) electrons. The van der Waals surface area contributed by atoms with E-state index in [9.17, 15) is 4.79 Å². The molecule has 130 valence electrons. The molecule has 0 fully saturated rings. The lowest BCUT2D eigenvalue weighted by Gasteiger charge is -2.01. The maximum absolute atomic E-state index is 12.4. The van der Waals surface area contributed by atoms with Gasteiger partial charge in [-0.05, 0) is 33.8 Å². The molecule has 0 atom stereocenters. The van der Waals surface area contributed by atoms with Gasteiger partial charge >= 0.3 is 0 Å². The highest BCUT2D eigenvalue weighted by molar-refractivity contribution is 9.10. The predicted octanol–water partition coefficient (Wildman–Crippen LogP) is 4.77. The van der Waals surface area contributed by atoms with Gasteiger partial charge in [0, 0.05) is 11.6 Å². The van der Waals surface area contributed by atoms with Crippen molar-refractivity contribution in [2.75, 3.05) is 5.32 Å². The van der Waals surface area contributed by atoms with Gasteiger partial charge in [0.15, 0.2) is 5.69 Å². The van der Waals surface area contributed by atoms with Gasteiger partial charge in [-0.2, -0.15) is 5.10 Å². The molecule has 25 heavy (non-hydrogen) atoms. The normalized spacial score (nSPS) is 11.1. The summed E-state index contributed by atoms with van der Waals surface area (Å²) in [5.74, 6) is 0.144. The lowest BCUT2D eigenvalue weighted by Crippen LogP contribution is -2.12. The molecule has 0 aliphatic rings. The molecular formula is C18H19BrN4O2. The molecule has 2 heterocycles. The first-order valence-corrected chi connectivity index (χ1v) is 8.90. The number of amides is 1. The Bertz CT molecular complexity index is 881. The fourth-order valence-electron chi connectivity index (χ4n) is 2.43. The maximum Gasteiger partial charge on any atom is 0.279 e. The smallest absolute Gasteiger partial charge is 0.279 e. The highest BCUT2D eigenvalue weighted by atomic mass is 79.9. The van der Waals surface area contributed by atoms with Gasteiger partial charge in [0.05, 0.1) is 10.2 Å². The van der Waals surface area contributed by atoms with Crippen LogP contribution in [0, 0.1) is 0 Å². The molecule has 0 saturated carbocycles. The zero-order chi connectivity index (χ0) is 18.0. The first-order chi connectivity index (χ1) is 12.0. The fraction of sp³-hybridized carbons (Fsp3) is 0.278. The molecule has 0 aliphatic heterocycles. The number of aromatic amines is 1. The van der Waals surface area contributed by atoms with Crippen molar-refractivity contribution in [3.8, 4) is 11.3 Å². The third kappa shape index (κ3) is 3.66. The minimum atomic E-state index is -0.362. The summed E-state index contributed by atoms with van der Waals surface area (Å²) in [6, 6.07) is 9.78. The van der Waals surface area contributed by atoms with Crippen LogP contribution in [0.4, 0.5) is 5.88 Å². The van der Waals surface area contributed by atoms with Gasteiger partial charge in [-0.25, -0.2) is 0 Å². The summed E-state index contributed by atoms with van der Waals surface area (Å²) in [7, 11) is 0. The Labute approximate surface area is 154 Å². The van der Waals surface area contributed by atoms with Crippen LogP contribution in [0.25, 0.3) is 11.3 Å². The molecule has 7 heteroatoms. The molecule has 3 aromatic rings. The highest BCUT2D eigenvalue weighted by Crippen LogP contribution is 2.27. The fourth-order valence-corrected chi connectivity index (χ4v) is 3.24. The molecule has 2 N–H and O–H groups in total. The van der Waals surface area contributed by atoms with Crippen molar-refractivity contribution in [3.05, 3.63) is 51.8 Å². The van der Waals surface area contributed by atoms with Gasteiger partial charge < -0.3 is 4.52 Å². The SMILES string of the molecule is CCc1ccc(-c2cc(NC(=O)c3n[nH]c(C(C)C)c3Br)on2)cc1. The number of carbonyl (C=O) groups is 1. The minimum Gasteiger partial charge on any atom is -0.338 e. The molecule has 0 aliphatic carbocycles. The van der Waals surface area contributed by atoms with Crippen molar-refractivity contribution in [1.29, 1.82) is 0 Å². The lowest BCUT2D eigenvalue weighted by atomic mass is 10.1. The van der Waals surface area contributed by atoms with Crippen LogP contribution in [0.1, 0.15) is 48.4 Å². The Morgan fingerprint density at radius 3 is 2.64 bits per heavy atom. The third-order valence-electron chi connectivity index (χ3n) is 3.93. The van der Waals surface area contributed by atoms with Gasteiger partial charge in [-0.1, -0.05) is 50.2 Å². The van der Waals surface area contributed by atoms with E-state index in [0.29, 0.717) is 10.2 Å². The quantitative estimate of drug-likeness (QED) is 0.643. The van der Waals surface area contributed by atoms with Gasteiger partial charge in [0.1, 0.15) is 5.69 Å². The van der Waals surface area contributed by atoms with E-state index >= 15 is 0 Å². The monoisotopic (exact) mass is 402 g/mol. The van der Waals surface area contributed by atoms with E-state index in [1.807, 2.05) is 26.0 Å². The highest BCUT2D eigenvalue weighted by Gasteiger charge is 2.20. The minimum absolute atomic E-state index is 0.228. The van der Waals surface area contributed by atoms with Crippen LogP contribution in [0.2, 0.25) is 0 Å². The molecule has 6 nitrogen and oxygen atoms in total. The van der Waals surface area contributed by atoms with Crippen molar-refractivity contribution < 1.29 is 9.32 Å². The summed E-state index contributed by atoms with van der Waals surface area (Å²) < 4.78 is 5.89. The number of halogens is 1. The Morgan fingerprint density at radius 2 is 2.04 bits per heavy atom. The zero-order valence-electron chi connectivity index (χ0n) is 14.3.